The van der Waals surface area contributed by atoms with Crippen molar-refractivity contribution in [3.63, 3.8) is 0 Å². The minimum Gasteiger partial charge on any atom is -0.466 e. The van der Waals surface area contributed by atoms with E-state index in [9.17, 15) is 13.6 Å². The van der Waals surface area contributed by atoms with Crippen LogP contribution in [-0.4, -0.2) is 18.2 Å². The second-order valence-electron chi connectivity index (χ2n) is 5.68. The van der Waals surface area contributed by atoms with Crippen LogP contribution in [0, 0.1) is 11.6 Å². The van der Waals surface area contributed by atoms with E-state index < -0.39 is 23.6 Å². The summed E-state index contributed by atoms with van der Waals surface area (Å²) in [6.45, 7) is 1.66. The number of benzene rings is 2. The molecular weight excluding hydrogens is 358 g/mol. The number of carbonyl (C=O) groups excluding carboxylic acids is 1. The summed E-state index contributed by atoms with van der Waals surface area (Å²) in [6.07, 6.45) is 0. The number of methoxy groups -OCH3 is 1. The normalized spacial score (nSPS) is 17.2. The van der Waals surface area contributed by atoms with Gasteiger partial charge in [-0.15, -0.1) is 0 Å². The Labute approximate surface area is 155 Å². The molecule has 0 radical (unpaired) electrons. The highest BCUT2D eigenvalue weighted by atomic mass is 32.1. The molecule has 1 N–H and O–H groups in total. The van der Waals surface area contributed by atoms with Gasteiger partial charge in [-0.05, 0) is 43.4 Å². The van der Waals surface area contributed by atoms with Gasteiger partial charge in [-0.1, -0.05) is 24.3 Å². The lowest BCUT2D eigenvalue weighted by atomic mass is 9.94. The van der Waals surface area contributed by atoms with Crippen LogP contribution in [0.4, 0.5) is 14.5 Å². The highest BCUT2D eigenvalue weighted by Crippen LogP contribution is 2.35. The van der Waals surface area contributed by atoms with Crippen LogP contribution in [-0.2, 0) is 9.53 Å². The number of rotatable bonds is 3. The Morgan fingerprint density at radius 2 is 1.73 bits per heavy atom. The maximum atomic E-state index is 14.3. The van der Waals surface area contributed by atoms with Gasteiger partial charge in [0, 0.05) is 11.4 Å². The number of esters is 1. The lowest BCUT2D eigenvalue weighted by Gasteiger charge is -2.37. The van der Waals surface area contributed by atoms with Gasteiger partial charge in [-0.3, -0.25) is 4.90 Å². The number of ether oxygens (including phenoxy) is 1. The van der Waals surface area contributed by atoms with Crippen LogP contribution in [0.1, 0.15) is 18.5 Å². The van der Waals surface area contributed by atoms with Crippen molar-refractivity contribution in [1.29, 1.82) is 0 Å². The lowest BCUT2D eigenvalue weighted by molar-refractivity contribution is -0.136. The molecule has 0 saturated heterocycles. The predicted molar refractivity (Wildman–Crippen MR) is 98.5 cm³/mol. The van der Waals surface area contributed by atoms with E-state index in [4.69, 9.17) is 17.0 Å². The summed E-state index contributed by atoms with van der Waals surface area (Å²) in [5.74, 6) is -2.23. The molecular formula is C19H16F2N2O2S. The van der Waals surface area contributed by atoms with Crippen molar-refractivity contribution < 1.29 is 18.3 Å². The Hall–Kier alpha value is -2.80. The summed E-state index contributed by atoms with van der Waals surface area (Å²) in [5.41, 5.74) is 0.979. The predicted octanol–water partition coefficient (Wildman–Crippen LogP) is 3.85. The summed E-state index contributed by atoms with van der Waals surface area (Å²) < 4.78 is 33.5. The molecule has 0 aromatic heterocycles. The second-order valence-corrected chi connectivity index (χ2v) is 6.07. The van der Waals surface area contributed by atoms with Gasteiger partial charge in [0.05, 0.1) is 24.3 Å². The Morgan fingerprint density at radius 3 is 2.31 bits per heavy atom. The number of hydrogen-bond donors (Lipinski definition) is 1. The average Bonchev–Trinajstić information content (AvgIpc) is 2.62. The number of thiocarbonyl (C=S) groups is 1. The molecule has 26 heavy (non-hydrogen) atoms. The summed E-state index contributed by atoms with van der Waals surface area (Å²) in [5, 5.41) is 3.11. The van der Waals surface area contributed by atoms with Crippen LogP contribution >= 0.6 is 12.2 Å². The molecule has 0 amide bonds. The van der Waals surface area contributed by atoms with Crippen LogP contribution < -0.4 is 10.2 Å². The van der Waals surface area contributed by atoms with Crippen LogP contribution in [0.2, 0.25) is 0 Å². The van der Waals surface area contributed by atoms with Gasteiger partial charge >= 0.3 is 5.97 Å². The topological polar surface area (TPSA) is 41.6 Å². The fourth-order valence-electron chi connectivity index (χ4n) is 3.01. The van der Waals surface area contributed by atoms with E-state index in [0.717, 1.165) is 17.8 Å². The van der Waals surface area contributed by atoms with E-state index in [0.29, 0.717) is 5.70 Å². The van der Waals surface area contributed by atoms with E-state index in [1.54, 1.807) is 11.8 Å². The molecule has 0 spiro atoms. The molecule has 3 rings (SSSR count). The highest BCUT2D eigenvalue weighted by Gasteiger charge is 2.37. The molecule has 0 bridgehead atoms. The van der Waals surface area contributed by atoms with Crippen molar-refractivity contribution in [2.24, 2.45) is 0 Å². The first-order valence-electron chi connectivity index (χ1n) is 7.84. The molecule has 1 aliphatic rings. The lowest BCUT2D eigenvalue weighted by Crippen LogP contribution is -2.48. The zero-order valence-electron chi connectivity index (χ0n) is 14.1. The van der Waals surface area contributed by atoms with Crippen molar-refractivity contribution in [1.82, 2.24) is 5.32 Å². The summed E-state index contributed by atoms with van der Waals surface area (Å²) in [4.78, 5) is 14.1. The van der Waals surface area contributed by atoms with Crippen molar-refractivity contribution in [3.8, 4) is 0 Å². The maximum absolute atomic E-state index is 14.3. The number of anilines is 1. The third kappa shape index (κ3) is 3.06. The number of para-hydroxylation sites is 1. The molecule has 134 valence electrons. The molecule has 2 aromatic carbocycles. The molecule has 7 heteroatoms. The van der Waals surface area contributed by atoms with Crippen LogP contribution in [0.25, 0.3) is 0 Å². The number of nitrogens with zero attached hydrogens (tertiary/aromatic N) is 1. The Morgan fingerprint density at radius 1 is 1.12 bits per heavy atom. The molecule has 0 unspecified atom stereocenters. The number of allylic oxidation sites excluding steroid dienone is 1. The molecule has 2 aromatic rings. The second kappa shape index (κ2) is 7.21. The fraction of sp³-hybridized carbons (Fsp3) is 0.158. The van der Waals surface area contributed by atoms with Gasteiger partial charge in [0.25, 0.3) is 0 Å². The molecule has 1 aliphatic heterocycles. The summed E-state index contributed by atoms with van der Waals surface area (Å²) >= 11 is 5.41. The van der Waals surface area contributed by atoms with Crippen molar-refractivity contribution >= 4 is 29.0 Å². The van der Waals surface area contributed by atoms with Gasteiger partial charge in [-0.25, -0.2) is 13.6 Å². The average molecular weight is 374 g/mol. The van der Waals surface area contributed by atoms with E-state index in [1.165, 1.54) is 13.2 Å². The molecule has 1 heterocycles. The number of nitrogens with one attached hydrogen (secondary N) is 1. The van der Waals surface area contributed by atoms with Crippen molar-refractivity contribution in [3.05, 3.63) is 77.0 Å². The molecule has 0 fully saturated rings. The third-order valence-electron chi connectivity index (χ3n) is 4.19. The molecule has 4 nitrogen and oxygen atoms in total. The van der Waals surface area contributed by atoms with Crippen LogP contribution in [0.3, 0.4) is 0 Å². The first kappa shape index (κ1) is 18.0. The highest BCUT2D eigenvalue weighted by molar-refractivity contribution is 7.80. The van der Waals surface area contributed by atoms with E-state index >= 15 is 0 Å². The first-order valence-corrected chi connectivity index (χ1v) is 8.25. The fourth-order valence-corrected chi connectivity index (χ4v) is 3.37. The molecule has 0 aliphatic carbocycles. The quantitative estimate of drug-likeness (QED) is 0.653. The van der Waals surface area contributed by atoms with Gasteiger partial charge in [0.15, 0.2) is 5.11 Å². The van der Waals surface area contributed by atoms with Gasteiger partial charge in [0.2, 0.25) is 0 Å². The Kier molecular flexibility index (Phi) is 4.99. The van der Waals surface area contributed by atoms with E-state index in [1.807, 2.05) is 30.3 Å². The number of carbonyl (C=O) groups is 1. The Bertz CT molecular complexity index is 879. The van der Waals surface area contributed by atoms with Crippen molar-refractivity contribution in [2.75, 3.05) is 12.0 Å². The minimum absolute atomic E-state index is 0.0916. The van der Waals surface area contributed by atoms with Gasteiger partial charge in [0.1, 0.15) is 11.6 Å². The van der Waals surface area contributed by atoms with Crippen molar-refractivity contribution in [2.45, 2.75) is 13.0 Å². The maximum Gasteiger partial charge on any atom is 0.337 e. The largest absolute Gasteiger partial charge is 0.466 e. The number of hydrogen-bond acceptors (Lipinski definition) is 3. The third-order valence-corrected chi connectivity index (χ3v) is 4.49. The Balaban J connectivity index is 2.20. The standard InChI is InChI=1S/C19H16F2N2O2S/c1-11-15(18(24)25-2)17(16-13(20)9-6-10-14(16)21)22-19(26)23(11)12-7-4-3-5-8-12/h3-10,17H,1-2H3,(H,22,26)/t17-/m1/s1. The van der Waals surface area contributed by atoms with Crippen LogP contribution in [0.15, 0.2) is 59.8 Å². The monoisotopic (exact) mass is 374 g/mol. The van der Waals surface area contributed by atoms with E-state index in [-0.39, 0.29) is 16.2 Å². The van der Waals surface area contributed by atoms with Gasteiger partial charge < -0.3 is 10.1 Å². The SMILES string of the molecule is COC(=O)C1=C(C)N(c2ccccc2)C(=S)N[C@H]1c1c(F)cccc1F. The van der Waals surface area contributed by atoms with Gasteiger partial charge in [-0.2, -0.15) is 0 Å². The minimum atomic E-state index is -1.09. The zero-order chi connectivity index (χ0) is 18.8. The zero-order valence-corrected chi connectivity index (χ0v) is 14.9. The first-order chi connectivity index (χ1) is 12.5. The summed E-state index contributed by atoms with van der Waals surface area (Å²) in [7, 11) is 1.22. The molecule has 1 atom stereocenters. The smallest absolute Gasteiger partial charge is 0.337 e. The van der Waals surface area contributed by atoms with Crippen LogP contribution in [0.5, 0.6) is 0 Å². The van der Waals surface area contributed by atoms with E-state index in [2.05, 4.69) is 5.32 Å². The number of halogens is 2. The molecule has 0 saturated carbocycles. The summed E-state index contributed by atoms with van der Waals surface area (Å²) in [6, 6.07) is 11.6.